The third-order valence-electron chi connectivity index (χ3n) is 5.30. The Morgan fingerprint density at radius 2 is 1.90 bits per heavy atom. The van der Waals surface area contributed by atoms with E-state index in [2.05, 4.69) is 10.3 Å². The summed E-state index contributed by atoms with van der Waals surface area (Å²) in [5.74, 6) is -0.225. The van der Waals surface area contributed by atoms with E-state index in [1.54, 1.807) is 22.9 Å². The fourth-order valence-electron chi connectivity index (χ4n) is 3.61. The number of imidazole rings is 1. The van der Waals surface area contributed by atoms with Gasteiger partial charge in [0.05, 0.1) is 17.1 Å². The summed E-state index contributed by atoms with van der Waals surface area (Å²) in [4.78, 5) is 17.0. The van der Waals surface area contributed by atoms with Crippen LogP contribution in [0.1, 0.15) is 28.1 Å². The molecule has 0 aliphatic rings. The first-order valence-electron chi connectivity index (χ1n) is 9.52. The zero-order valence-corrected chi connectivity index (χ0v) is 17.0. The van der Waals surface area contributed by atoms with E-state index in [1.807, 2.05) is 56.5 Å². The first-order chi connectivity index (χ1) is 13.8. The van der Waals surface area contributed by atoms with Gasteiger partial charge in [0.15, 0.2) is 5.65 Å². The van der Waals surface area contributed by atoms with E-state index in [0.717, 1.165) is 33.8 Å². The number of nitrogens with one attached hydrogen (secondary N) is 1. The summed E-state index contributed by atoms with van der Waals surface area (Å²) >= 11 is 0. The molecule has 0 aliphatic carbocycles. The zero-order valence-electron chi connectivity index (χ0n) is 17.0. The normalized spacial score (nSPS) is 11.2. The van der Waals surface area contributed by atoms with E-state index in [0.29, 0.717) is 17.8 Å². The van der Waals surface area contributed by atoms with Gasteiger partial charge in [-0.15, -0.1) is 0 Å². The van der Waals surface area contributed by atoms with Crippen molar-refractivity contribution in [3.63, 3.8) is 0 Å². The Balaban J connectivity index is 1.82. The van der Waals surface area contributed by atoms with E-state index < -0.39 is 0 Å². The minimum absolute atomic E-state index is 0.118. The highest BCUT2D eigenvalue weighted by Gasteiger charge is 2.14. The zero-order chi connectivity index (χ0) is 20.7. The van der Waals surface area contributed by atoms with Gasteiger partial charge in [-0.3, -0.25) is 9.36 Å². The molecule has 0 saturated heterocycles. The van der Waals surface area contributed by atoms with E-state index in [9.17, 15) is 9.18 Å². The number of hydrogen-bond donors (Lipinski definition) is 1. The lowest BCUT2D eigenvalue weighted by Gasteiger charge is -2.14. The second-order valence-corrected chi connectivity index (χ2v) is 7.39. The van der Waals surface area contributed by atoms with Crippen molar-refractivity contribution in [3.8, 4) is 5.69 Å². The second kappa shape index (κ2) is 7.20. The fraction of sp³-hybridized carbons (Fsp3) is 0.217. The monoisotopic (exact) mass is 390 g/mol. The smallest absolute Gasteiger partial charge is 0.255 e. The summed E-state index contributed by atoms with van der Waals surface area (Å²) in [6.07, 6.45) is 3.63. The van der Waals surface area contributed by atoms with Crippen LogP contribution in [-0.4, -0.2) is 14.0 Å². The third-order valence-corrected chi connectivity index (χ3v) is 5.30. The maximum atomic E-state index is 14.5. The molecule has 1 N–H and O–H groups in total. The van der Waals surface area contributed by atoms with Crippen LogP contribution in [0.5, 0.6) is 0 Å². The van der Waals surface area contributed by atoms with E-state index in [1.165, 1.54) is 6.07 Å². The summed E-state index contributed by atoms with van der Waals surface area (Å²) in [7, 11) is 0. The molecule has 0 radical (unpaired) electrons. The fourth-order valence-corrected chi connectivity index (χ4v) is 3.61. The van der Waals surface area contributed by atoms with Crippen molar-refractivity contribution in [2.24, 2.45) is 0 Å². The molecule has 6 heteroatoms. The molecule has 3 heterocycles. The van der Waals surface area contributed by atoms with E-state index in [-0.39, 0.29) is 11.4 Å². The molecular formula is C23H23FN4O. The molecule has 0 aliphatic heterocycles. The van der Waals surface area contributed by atoms with Gasteiger partial charge in [-0.05, 0) is 57.0 Å². The number of fused-ring (bicyclic) bond motifs is 1. The van der Waals surface area contributed by atoms with Crippen molar-refractivity contribution in [1.82, 2.24) is 14.0 Å². The lowest BCUT2D eigenvalue weighted by atomic mass is 10.0. The van der Waals surface area contributed by atoms with Gasteiger partial charge in [0.2, 0.25) is 0 Å². The van der Waals surface area contributed by atoms with Crippen LogP contribution in [-0.2, 0) is 6.54 Å². The van der Waals surface area contributed by atoms with Crippen molar-refractivity contribution < 1.29 is 4.39 Å². The number of aryl methyl sites for hydroxylation is 4. The quantitative estimate of drug-likeness (QED) is 0.559. The molecule has 0 spiro atoms. The van der Waals surface area contributed by atoms with Gasteiger partial charge in [0, 0.05) is 36.3 Å². The van der Waals surface area contributed by atoms with Crippen LogP contribution in [0.3, 0.4) is 0 Å². The van der Waals surface area contributed by atoms with Crippen LogP contribution in [0.4, 0.5) is 10.1 Å². The molecule has 0 fully saturated rings. The predicted octanol–water partition coefficient (Wildman–Crippen LogP) is 4.47. The minimum atomic E-state index is -0.225. The summed E-state index contributed by atoms with van der Waals surface area (Å²) in [5.41, 5.74) is 6.41. The van der Waals surface area contributed by atoms with Crippen molar-refractivity contribution in [2.45, 2.75) is 34.2 Å². The molecule has 0 bridgehead atoms. The number of anilines is 1. The molecule has 148 valence electrons. The van der Waals surface area contributed by atoms with Crippen molar-refractivity contribution in [2.75, 3.05) is 5.32 Å². The van der Waals surface area contributed by atoms with Crippen LogP contribution >= 0.6 is 0 Å². The maximum Gasteiger partial charge on any atom is 0.255 e. The van der Waals surface area contributed by atoms with Gasteiger partial charge < -0.3 is 9.72 Å². The Kier molecular flexibility index (Phi) is 4.70. The SMILES string of the molecule is Cc1cc(C)c(CNc2cc(-n3ccccc3=O)cn3c(C)c(C)nc23)c(F)c1. The van der Waals surface area contributed by atoms with Crippen molar-refractivity contribution in [1.29, 1.82) is 0 Å². The third kappa shape index (κ3) is 3.42. The number of halogens is 1. The first-order valence-corrected chi connectivity index (χ1v) is 9.52. The van der Waals surface area contributed by atoms with Crippen molar-refractivity contribution in [3.05, 3.63) is 93.0 Å². The van der Waals surface area contributed by atoms with Crippen LogP contribution in [0.2, 0.25) is 0 Å². The van der Waals surface area contributed by atoms with E-state index in [4.69, 9.17) is 0 Å². The largest absolute Gasteiger partial charge is 0.378 e. The maximum absolute atomic E-state index is 14.5. The Morgan fingerprint density at radius 3 is 2.62 bits per heavy atom. The summed E-state index contributed by atoms with van der Waals surface area (Å²) in [5, 5.41) is 3.34. The summed E-state index contributed by atoms with van der Waals surface area (Å²) in [6, 6.07) is 10.4. The lowest BCUT2D eigenvalue weighted by molar-refractivity contribution is 0.610. The van der Waals surface area contributed by atoms with E-state index >= 15 is 0 Å². The highest BCUT2D eigenvalue weighted by atomic mass is 19.1. The van der Waals surface area contributed by atoms with Gasteiger partial charge in [0.1, 0.15) is 5.82 Å². The number of rotatable bonds is 4. The highest BCUT2D eigenvalue weighted by molar-refractivity contribution is 5.71. The Morgan fingerprint density at radius 1 is 1.10 bits per heavy atom. The number of aromatic nitrogens is 3. The average molecular weight is 390 g/mol. The predicted molar refractivity (Wildman–Crippen MR) is 113 cm³/mol. The molecule has 3 aromatic heterocycles. The number of hydrogen-bond acceptors (Lipinski definition) is 3. The lowest BCUT2D eigenvalue weighted by Crippen LogP contribution is -2.16. The second-order valence-electron chi connectivity index (χ2n) is 7.39. The summed E-state index contributed by atoms with van der Waals surface area (Å²) < 4.78 is 18.0. The number of nitrogens with zero attached hydrogens (tertiary/aromatic N) is 3. The molecule has 0 unspecified atom stereocenters. The molecule has 0 saturated carbocycles. The molecule has 0 atom stereocenters. The molecule has 0 amide bonds. The van der Waals surface area contributed by atoms with Gasteiger partial charge in [-0.2, -0.15) is 0 Å². The van der Waals surface area contributed by atoms with Crippen molar-refractivity contribution >= 4 is 11.3 Å². The minimum Gasteiger partial charge on any atom is -0.378 e. The Bertz CT molecular complexity index is 1260. The molecule has 5 nitrogen and oxygen atoms in total. The summed E-state index contributed by atoms with van der Waals surface area (Å²) in [6.45, 7) is 8.05. The Labute approximate surface area is 168 Å². The molecule has 29 heavy (non-hydrogen) atoms. The van der Waals surface area contributed by atoms with Gasteiger partial charge in [-0.25, -0.2) is 9.37 Å². The highest BCUT2D eigenvalue weighted by Crippen LogP contribution is 2.25. The van der Waals surface area contributed by atoms with Crippen LogP contribution in [0.15, 0.2) is 53.6 Å². The number of pyridine rings is 2. The molecular weight excluding hydrogens is 367 g/mol. The standard InChI is InChI=1S/C23H23FN4O/c1-14-9-15(2)19(20(24)10-14)12-25-21-11-18(27-8-6-5-7-22(27)29)13-28-17(4)16(3)26-23(21)28/h5-11,13,25H,12H2,1-4H3. The topological polar surface area (TPSA) is 51.3 Å². The molecule has 1 aromatic carbocycles. The average Bonchev–Trinajstić information content (AvgIpc) is 2.96. The number of benzene rings is 1. The Hall–Kier alpha value is -3.41. The van der Waals surface area contributed by atoms with Crippen LogP contribution < -0.4 is 10.9 Å². The molecule has 4 aromatic rings. The van der Waals surface area contributed by atoms with Gasteiger partial charge >= 0.3 is 0 Å². The molecule has 4 rings (SSSR count). The van der Waals surface area contributed by atoms with Gasteiger partial charge in [0.25, 0.3) is 5.56 Å². The van der Waals surface area contributed by atoms with Gasteiger partial charge in [-0.1, -0.05) is 12.1 Å². The van der Waals surface area contributed by atoms with Crippen LogP contribution in [0.25, 0.3) is 11.3 Å². The van der Waals surface area contributed by atoms with Crippen LogP contribution in [0, 0.1) is 33.5 Å². The first kappa shape index (κ1) is 18.9.